The van der Waals surface area contributed by atoms with Crippen molar-refractivity contribution >= 4 is 11.2 Å². The summed E-state index contributed by atoms with van der Waals surface area (Å²) in [5.41, 5.74) is 1.73. The monoisotopic (exact) mass is 255 g/mol. The highest BCUT2D eigenvalue weighted by atomic mass is 16.1. The normalized spacial score (nSPS) is 11.0. The molecule has 96 valence electrons. The van der Waals surface area contributed by atoms with E-state index >= 15 is 0 Å². The predicted molar refractivity (Wildman–Crippen MR) is 70.7 cm³/mol. The molecule has 0 N–H and O–H groups in total. The molecule has 0 spiro atoms. The summed E-state index contributed by atoms with van der Waals surface area (Å²) in [6.07, 6.45) is 7.33. The lowest BCUT2D eigenvalue weighted by Crippen LogP contribution is -2.23. The van der Waals surface area contributed by atoms with Gasteiger partial charge in [-0.1, -0.05) is 0 Å². The van der Waals surface area contributed by atoms with Crippen molar-refractivity contribution in [3.05, 3.63) is 53.1 Å². The van der Waals surface area contributed by atoms with Crippen molar-refractivity contribution in [3.8, 4) is 0 Å². The van der Waals surface area contributed by atoms with Crippen molar-refractivity contribution in [2.24, 2.45) is 7.05 Å². The molecule has 0 radical (unpaired) electrons. The lowest BCUT2D eigenvalue weighted by Gasteiger charge is -2.06. The van der Waals surface area contributed by atoms with Crippen LogP contribution in [0.2, 0.25) is 0 Å². The molecule has 3 aromatic rings. The first-order valence-electron chi connectivity index (χ1n) is 6.02. The number of hydrogen-bond acceptors (Lipinski definition) is 4. The maximum absolute atomic E-state index is 12.2. The molecule has 19 heavy (non-hydrogen) atoms. The van der Waals surface area contributed by atoms with Crippen molar-refractivity contribution in [1.29, 1.82) is 0 Å². The van der Waals surface area contributed by atoms with Gasteiger partial charge in [-0.25, -0.2) is 15.0 Å². The van der Waals surface area contributed by atoms with Crippen molar-refractivity contribution < 1.29 is 0 Å². The fourth-order valence-electron chi connectivity index (χ4n) is 2.04. The Morgan fingerprint density at radius 3 is 2.84 bits per heavy atom. The van der Waals surface area contributed by atoms with Gasteiger partial charge in [-0.15, -0.1) is 0 Å². The molecule has 6 nitrogen and oxygen atoms in total. The molecular formula is C13H13N5O. The summed E-state index contributed by atoms with van der Waals surface area (Å²) in [6.45, 7) is 0.580. The summed E-state index contributed by atoms with van der Waals surface area (Å²) in [5.74, 6) is 0. The number of rotatable bonds is 3. The number of hydrogen-bond donors (Lipinski definition) is 0. The zero-order valence-electron chi connectivity index (χ0n) is 10.5. The Morgan fingerprint density at radius 2 is 2.05 bits per heavy atom. The van der Waals surface area contributed by atoms with Crippen LogP contribution in [0.3, 0.4) is 0 Å². The average Bonchev–Trinajstić information content (AvgIpc) is 2.84. The highest BCUT2D eigenvalue weighted by Crippen LogP contribution is 2.02. The quantitative estimate of drug-likeness (QED) is 0.693. The molecule has 0 saturated heterocycles. The SMILES string of the molecule is Cn1cccc1CCn1cnc2nccnc2c1=O. The Hall–Kier alpha value is -2.50. The second kappa shape index (κ2) is 4.64. The zero-order chi connectivity index (χ0) is 13.2. The van der Waals surface area contributed by atoms with E-state index in [2.05, 4.69) is 15.0 Å². The molecule has 0 atom stereocenters. The molecule has 0 amide bonds. The minimum Gasteiger partial charge on any atom is -0.354 e. The first kappa shape index (κ1) is 11.6. The second-order valence-corrected chi connectivity index (χ2v) is 4.33. The van der Waals surface area contributed by atoms with E-state index in [0.717, 1.165) is 6.42 Å². The van der Waals surface area contributed by atoms with E-state index in [1.807, 2.05) is 29.9 Å². The first-order chi connectivity index (χ1) is 9.25. The highest BCUT2D eigenvalue weighted by molar-refractivity contribution is 5.66. The summed E-state index contributed by atoms with van der Waals surface area (Å²) >= 11 is 0. The summed E-state index contributed by atoms with van der Waals surface area (Å²) in [5, 5.41) is 0. The first-order valence-corrected chi connectivity index (χ1v) is 6.02. The number of fused-ring (bicyclic) bond motifs is 1. The Balaban J connectivity index is 1.92. The lowest BCUT2D eigenvalue weighted by molar-refractivity contribution is 0.637. The zero-order valence-corrected chi connectivity index (χ0v) is 10.5. The van der Waals surface area contributed by atoms with Gasteiger partial charge in [-0.05, 0) is 12.1 Å². The van der Waals surface area contributed by atoms with Gasteiger partial charge in [0.15, 0.2) is 11.2 Å². The molecular weight excluding hydrogens is 242 g/mol. The van der Waals surface area contributed by atoms with Crippen LogP contribution in [-0.2, 0) is 20.0 Å². The largest absolute Gasteiger partial charge is 0.354 e. The maximum atomic E-state index is 12.2. The molecule has 0 aromatic carbocycles. The second-order valence-electron chi connectivity index (χ2n) is 4.33. The van der Waals surface area contributed by atoms with Crippen LogP contribution in [-0.4, -0.2) is 24.1 Å². The van der Waals surface area contributed by atoms with Crippen molar-refractivity contribution in [1.82, 2.24) is 24.1 Å². The Labute approximate surface area is 109 Å². The van der Waals surface area contributed by atoms with E-state index in [9.17, 15) is 4.79 Å². The van der Waals surface area contributed by atoms with Crippen LogP contribution in [0.25, 0.3) is 11.2 Å². The van der Waals surface area contributed by atoms with E-state index < -0.39 is 0 Å². The van der Waals surface area contributed by atoms with Crippen LogP contribution in [0.15, 0.2) is 41.8 Å². The summed E-state index contributed by atoms with van der Waals surface area (Å²) in [4.78, 5) is 24.4. The number of aromatic nitrogens is 5. The van der Waals surface area contributed by atoms with Gasteiger partial charge >= 0.3 is 0 Å². The molecule has 0 bridgehead atoms. The van der Waals surface area contributed by atoms with E-state index in [1.54, 1.807) is 4.57 Å². The molecule has 3 rings (SSSR count). The molecule has 3 heterocycles. The van der Waals surface area contributed by atoms with Crippen LogP contribution >= 0.6 is 0 Å². The van der Waals surface area contributed by atoms with Crippen LogP contribution in [0.1, 0.15) is 5.69 Å². The van der Waals surface area contributed by atoms with Gasteiger partial charge in [-0.2, -0.15) is 0 Å². The third-order valence-electron chi connectivity index (χ3n) is 3.12. The van der Waals surface area contributed by atoms with Crippen LogP contribution in [0.5, 0.6) is 0 Å². The minimum absolute atomic E-state index is 0.146. The molecule has 0 fully saturated rings. The van der Waals surface area contributed by atoms with E-state index in [0.29, 0.717) is 17.7 Å². The minimum atomic E-state index is -0.146. The molecule has 0 aliphatic rings. The predicted octanol–water partition coefficient (Wildman–Crippen LogP) is 0.768. The molecule has 0 saturated carbocycles. The Kier molecular flexibility index (Phi) is 2.83. The van der Waals surface area contributed by atoms with Gasteiger partial charge in [0.1, 0.15) is 6.33 Å². The van der Waals surface area contributed by atoms with Gasteiger partial charge in [0.25, 0.3) is 5.56 Å². The van der Waals surface area contributed by atoms with Gasteiger partial charge in [-0.3, -0.25) is 9.36 Å². The molecule has 0 unspecified atom stereocenters. The van der Waals surface area contributed by atoms with Crippen LogP contribution < -0.4 is 5.56 Å². The third-order valence-corrected chi connectivity index (χ3v) is 3.12. The molecule has 6 heteroatoms. The molecule has 3 aromatic heterocycles. The molecule has 0 aliphatic heterocycles. The van der Waals surface area contributed by atoms with Gasteiger partial charge in [0.2, 0.25) is 0 Å². The topological polar surface area (TPSA) is 65.6 Å². The average molecular weight is 255 g/mol. The van der Waals surface area contributed by atoms with Crippen molar-refractivity contribution in [2.45, 2.75) is 13.0 Å². The van der Waals surface area contributed by atoms with Gasteiger partial charge < -0.3 is 4.57 Å². The fraction of sp³-hybridized carbons (Fsp3) is 0.231. The molecule has 0 aliphatic carbocycles. The van der Waals surface area contributed by atoms with Crippen LogP contribution in [0.4, 0.5) is 0 Å². The maximum Gasteiger partial charge on any atom is 0.281 e. The smallest absolute Gasteiger partial charge is 0.281 e. The lowest BCUT2D eigenvalue weighted by atomic mass is 10.3. The van der Waals surface area contributed by atoms with Crippen molar-refractivity contribution in [2.75, 3.05) is 0 Å². The Bertz CT molecular complexity index is 774. The highest BCUT2D eigenvalue weighted by Gasteiger charge is 2.06. The van der Waals surface area contributed by atoms with Gasteiger partial charge in [0, 0.05) is 44.3 Å². The summed E-state index contributed by atoms with van der Waals surface area (Å²) in [6, 6.07) is 4.03. The Morgan fingerprint density at radius 1 is 1.21 bits per heavy atom. The van der Waals surface area contributed by atoms with E-state index in [-0.39, 0.29) is 5.56 Å². The van der Waals surface area contributed by atoms with Gasteiger partial charge in [0.05, 0.1) is 0 Å². The van der Waals surface area contributed by atoms with Crippen LogP contribution in [0, 0.1) is 0 Å². The standard InChI is InChI=1S/C13H13N5O/c1-17-7-2-3-10(17)4-8-18-9-16-12-11(13(18)19)14-5-6-15-12/h2-3,5-7,9H,4,8H2,1H3. The summed E-state index contributed by atoms with van der Waals surface area (Å²) < 4.78 is 3.61. The number of aryl methyl sites for hydroxylation is 3. The third kappa shape index (κ3) is 2.12. The fourth-order valence-corrected chi connectivity index (χ4v) is 2.04. The number of nitrogens with zero attached hydrogens (tertiary/aromatic N) is 5. The van der Waals surface area contributed by atoms with E-state index in [4.69, 9.17) is 0 Å². The van der Waals surface area contributed by atoms with E-state index in [1.165, 1.54) is 24.4 Å². The van der Waals surface area contributed by atoms with Crippen molar-refractivity contribution in [3.63, 3.8) is 0 Å². The summed E-state index contributed by atoms with van der Waals surface area (Å²) in [7, 11) is 1.99.